The summed E-state index contributed by atoms with van der Waals surface area (Å²) < 4.78 is 1.51. The molecule has 0 spiro atoms. The van der Waals surface area contributed by atoms with Gasteiger partial charge in [0.2, 0.25) is 5.82 Å². The predicted octanol–water partition coefficient (Wildman–Crippen LogP) is 3.22. The summed E-state index contributed by atoms with van der Waals surface area (Å²) in [4.78, 5) is 26.5. The molecule has 0 saturated heterocycles. The van der Waals surface area contributed by atoms with Crippen LogP contribution < -0.4 is 5.32 Å². The number of amides is 1. The maximum atomic E-state index is 11.9. The largest absolute Gasteiger partial charge is 0.439 e. The summed E-state index contributed by atoms with van der Waals surface area (Å²) >= 11 is 1.22. The molecular weight excluding hydrogens is 444 g/mol. The number of nitrogens with one attached hydrogen (secondary N) is 1. The van der Waals surface area contributed by atoms with E-state index in [9.17, 15) is 4.79 Å². The Labute approximate surface area is 192 Å². The van der Waals surface area contributed by atoms with Gasteiger partial charge in [-0.25, -0.2) is 14.5 Å². The number of oxime groups is 2. The van der Waals surface area contributed by atoms with Gasteiger partial charge in [0.05, 0.1) is 11.9 Å². The molecule has 2 heterocycles. The smallest absolute Gasteiger partial charge is 0.389 e. The van der Waals surface area contributed by atoms with E-state index in [4.69, 9.17) is 9.68 Å². The lowest BCUT2D eigenvalue weighted by Crippen LogP contribution is -2.12. The van der Waals surface area contributed by atoms with Gasteiger partial charge >= 0.3 is 6.09 Å². The van der Waals surface area contributed by atoms with Gasteiger partial charge in [-0.2, -0.15) is 0 Å². The molecule has 166 valence electrons. The van der Waals surface area contributed by atoms with Crippen LogP contribution in [0.4, 0.5) is 9.93 Å². The van der Waals surface area contributed by atoms with Crippen molar-refractivity contribution in [2.75, 3.05) is 5.32 Å². The van der Waals surface area contributed by atoms with Gasteiger partial charge in [0, 0.05) is 18.0 Å². The number of benzene rings is 2. The van der Waals surface area contributed by atoms with Crippen LogP contribution in [0.5, 0.6) is 0 Å². The molecule has 2 aromatic heterocycles. The minimum atomic E-state index is -0.747. The van der Waals surface area contributed by atoms with Crippen LogP contribution in [0.1, 0.15) is 22.6 Å². The van der Waals surface area contributed by atoms with E-state index < -0.39 is 6.09 Å². The lowest BCUT2D eigenvalue weighted by molar-refractivity contribution is 0.128. The lowest BCUT2D eigenvalue weighted by atomic mass is 10.1. The zero-order valence-electron chi connectivity index (χ0n) is 17.4. The van der Waals surface area contributed by atoms with Crippen molar-refractivity contribution in [3.05, 3.63) is 88.7 Å². The van der Waals surface area contributed by atoms with Gasteiger partial charge < -0.3 is 4.84 Å². The first kappa shape index (κ1) is 21.8. The van der Waals surface area contributed by atoms with E-state index in [1.807, 2.05) is 60.7 Å². The molecule has 1 amide bonds. The molecule has 0 atom stereocenters. The highest BCUT2D eigenvalue weighted by molar-refractivity contribution is 7.13. The molecule has 0 saturated carbocycles. The van der Waals surface area contributed by atoms with Crippen molar-refractivity contribution in [3.8, 4) is 0 Å². The molecule has 12 heteroatoms. The first-order chi connectivity index (χ1) is 16.2. The normalized spacial score (nSPS) is 11.5. The second kappa shape index (κ2) is 10.7. The van der Waals surface area contributed by atoms with Gasteiger partial charge in [-0.1, -0.05) is 71.0 Å². The van der Waals surface area contributed by atoms with Gasteiger partial charge in [0.15, 0.2) is 17.5 Å². The fourth-order valence-corrected chi connectivity index (χ4v) is 3.31. The minimum Gasteiger partial charge on any atom is -0.389 e. The first-order valence-corrected chi connectivity index (χ1v) is 10.6. The van der Waals surface area contributed by atoms with Crippen LogP contribution in [0.2, 0.25) is 0 Å². The number of carbonyl (C=O) groups excluding carboxylic acids is 1. The second-order valence-corrected chi connectivity index (χ2v) is 7.36. The summed E-state index contributed by atoms with van der Waals surface area (Å²) in [6.45, 7) is 0.0843. The molecule has 11 nitrogen and oxygen atoms in total. The fraction of sp³-hybridized carbons (Fsp3) is 0.0952. The molecule has 4 rings (SSSR count). The lowest BCUT2D eigenvalue weighted by Gasteiger charge is -2.05. The highest BCUT2D eigenvalue weighted by Gasteiger charge is 2.15. The Hall–Kier alpha value is -4.45. The van der Waals surface area contributed by atoms with Gasteiger partial charge in [-0.3, -0.25) is 10.2 Å². The van der Waals surface area contributed by atoms with Crippen molar-refractivity contribution in [1.29, 1.82) is 0 Å². The van der Waals surface area contributed by atoms with Crippen LogP contribution in [-0.2, 0) is 23.3 Å². The topological polar surface area (TPSA) is 129 Å². The number of hydrogen-bond donors (Lipinski definition) is 1. The predicted molar refractivity (Wildman–Crippen MR) is 122 cm³/mol. The van der Waals surface area contributed by atoms with Crippen molar-refractivity contribution < 1.29 is 14.5 Å². The summed E-state index contributed by atoms with van der Waals surface area (Å²) in [5, 5.41) is 24.0. The van der Waals surface area contributed by atoms with Crippen molar-refractivity contribution in [1.82, 2.24) is 25.2 Å². The van der Waals surface area contributed by atoms with E-state index >= 15 is 0 Å². The number of tetrazole rings is 1. The number of nitrogens with zero attached hydrogens (tertiary/aromatic N) is 7. The van der Waals surface area contributed by atoms with E-state index in [0.29, 0.717) is 22.4 Å². The van der Waals surface area contributed by atoms with Crippen LogP contribution >= 0.6 is 11.3 Å². The molecule has 0 aliphatic carbocycles. The summed E-state index contributed by atoms with van der Waals surface area (Å²) in [6.07, 6.45) is 0.693. The van der Waals surface area contributed by atoms with Gasteiger partial charge in [-0.15, -0.1) is 16.4 Å². The van der Waals surface area contributed by atoms with Crippen molar-refractivity contribution in [2.45, 2.75) is 6.61 Å². The van der Waals surface area contributed by atoms with Gasteiger partial charge in [0.1, 0.15) is 0 Å². The Kier molecular flexibility index (Phi) is 7.08. The fourth-order valence-electron chi connectivity index (χ4n) is 2.63. The van der Waals surface area contributed by atoms with Gasteiger partial charge in [0.25, 0.3) is 0 Å². The Morgan fingerprint density at radius 2 is 1.91 bits per heavy atom. The maximum absolute atomic E-state index is 11.9. The summed E-state index contributed by atoms with van der Waals surface area (Å²) in [5.74, 6) is 0.459. The molecule has 4 aromatic rings. The molecule has 0 aliphatic heterocycles. The van der Waals surface area contributed by atoms with E-state index in [2.05, 4.69) is 36.1 Å². The standard InChI is InChI=1S/C21H18N8O3S/c1-29-19(25-27-28-29)18(16-10-6-3-7-11-16)26-31-13-17-14-33-20(23-17)24-21(30)32-22-12-15-8-4-2-5-9-15/h2-12,14H,13H2,1H3,(H,23,24,30)/b22-12+,26-18-. The Bertz CT molecular complexity index is 1250. The Balaban J connectivity index is 1.34. The SMILES string of the molecule is Cn1nnnc1/C(=N\OCc1csc(NC(=O)O/N=C/c2ccccc2)n1)c1ccccc1. The number of aromatic nitrogens is 5. The average Bonchev–Trinajstić information content (AvgIpc) is 3.46. The van der Waals surface area contributed by atoms with Crippen LogP contribution in [0.15, 0.2) is 76.4 Å². The zero-order chi connectivity index (χ0) is 22.9. The molecule has 0 fully saturated rings. The van der Waals surface area contributed by atoms with Crippen LogP contribution in [0.3, 0.4) is 0 Å². The minimum absolute atomic E-state index is 0.0843. The van der Waals surface area contributed by atoms with Crippen LogP contribution in [0, 0.1) is 0 Å². The molecule has 33 heavy (non-hydrogen) atoms. The molecule has 0 radical (unpaired) electrons. The molecule has 2 aromatic carbocycles. The quantitative estimate of drug-likeness (QED) is 0.242. The number of anilines is 1. The maximum Gasteiger partial charge on any atom is 0.439 e. The summed E-state index contributed by atoms with van der Waals surface area (Å²) in [6, 6.07) is 18.7. The second-order valence-electron chi connectivity index (χ2n) is 6.50. The summed E-state index contributed by atoms with van der Waals surface area (Å²) in [7, 11) is 1.72. The Morgan fingerprint density at radius 3 is 2.64 bits per heavy atom. The van der Waals surface area contributed by atoms with E-state index in [0.717, 1.165) is 11.1 Å². The molecule has 0 aliphatic rings. The third kappa shape index (κ3) is 6.04. The highest BCUT2D eigenvalue weighted by Crippen LogP contribution is 2.17. The van der Waals surface area contributed by atoms with E-state index in [-0.39, 0.29) is 6.61 Å². The average molecular weight is 462 g/mol. The zero-order valence-corrected chi connectivity index (χ0v) is 18.2. The van der Waals surface area contributed by atoms with Crippen LogP contribution in [-0.4, -0.2) is 43.2 Å². The summed E-state index contributed by atoms with van der Waals surface area (Å²) in [5.41, 5.74) is 2.67. The third-order valence-electron chi connectivity index (χ3n) is 4.15. The number of rotatable bonds is 8. The van der Waals surface area contributed by atoms with Crippen LogP contribution in [0.25, 0.3) is 0 Å². The third-order valence-corrected chi connectivity index (χ3v) is 4.95. The highest BCUT2D eigenvalue weighted by atomic mass is 32.1. The Morgan fingerprint density at radius 1 is 1.15 bits per heavy atom. The number of carbonyl (C=O) groups is 1. The van der Waals surface area contributed by atoms with Gasteiger partial charge in [-0.05, 0) is 16.0 Å². The first-order valence-electron chi connectivity index (χ1n) is 9.68. The van der Waals surface area contributed by atoms with Crippen molar-refractivity contribution >= 4 is 34.5 Å². The van der Waals surface area contributed by atoms with E-state index in [1.165, 1.54) is 22.2 Å². The molecule has 1 N–H and O–H groups in total. The number of hydrogen-bond acceptors (Lipinski definition) is 10. The van der Waals surface area contributed by atoms with E-state index in [1.54, 1.807) is 12.4 Å². The molecular formula is C21H18N8O3S. The number of thiazole rings is 1. The molecule has 0 bridgehead atoms. The molecule has 0 unspecified atom stereocenters. The number of aryl methyl sites for hydroxylation is 1. The van der Waals surface area contributed by atoms with Crippen molar-refractivity contribution in [3.63, 3.8) is 0 Å². The van der Waals surface area contributed by atoms with Crippen molar-refractivity contribution in [2.24, 2.45) is 17.4 Å². The monoisotopic (exact) mass is 462 g/mol.